The highest BCUT2D eigenvalue weighted by atomic mass is 32.2. The van der Waals surface area contributed by atoms with Crippen molar-refractivity contribution in [1.29, 1.82) is 0 Å². The lowest BCUT2D eigenvalue weighted by Gasteiger charge is -2.21. The first kappa shape index (κ1) is 18.8. The van der Waals surface area contributed by atoms with E-state index in [1.54, 1.807) is 0 Å². The van der Waals surface area contributed by atoms with Gasteiger partial charge in [0.05, 0.1) is 6.20 Å². The number of hydrogen-bond donors (Lipinski definition) is 1. The quantitative estimate of drug-likeness (QED) is 0.352. The molecule has 1 aromatic carbocycles. The predicted molar refractivity (Wildman–Crippen MR) is 110 cm³/mol. The Kier molecular flexibility index (Phi) is 7.00. The van der Waals surface area contributed by atoms with E-state index in [1.807, 2.05) is 36.7 Å². The summed E-state index contributed by atoms with van der Waals surface area (Å²) >= 11 is 1.97. The van der Waals surface area contributed by atoms with Crippen molar-refractivity contribution < 1.29 is 0 Å². The van der Waals surface area contributed by atoms with Crippen molar-refractivity contribution in [2.24, 2.45) is 18.0 Å². The molecule has 1 unspecified atom stereocenters. The fourth-order valence-electron chi connectivity index (χ4n) is 3.32. The van der Waals surface area contributed by atoms with Crippen LogP contribution in [-0.4, -0.2) is 53.1 Å². The molecule has 1 aliphatic rings. The van der Waals surface area contributed by atoms with Gasteiger partial charge in [-0.15, -0.1) is 11.8 Å². The topological polar surface area (TPSA) is 45.5 Å². The molecule has 3 rings (SSSR count). The molecular weight excluding hydrogens is 342 g/mol. The van der Waals surface area contributed by atoms with E-state index in [0.717, 1.165) is 44.4 Å². The number of thioether (sulfide) groups is 1. The zero-order chi connectivity index (χ0) is 18.2. The molecule has 5 nitrogen and oxygen atoms in total. The summed E-state index contributed by atoms with van der Waals surface area (Å²) in [4.78, 5) is 8.25. The maximum atomic E-state index is 4.48. The second kappa shape index (κ2) is 9.67. The van der Waals surface area contributed by atoms with Crippen molar-refractivity contribution in [1.82, 2.24) is 20.0 Å². The Hall–Kier alpha value is -1.95. The number of rotatable bonds is 7. The molecule has 1 fully saturated rings. The van der Waals surface area contributed by atoms with Crippen molar-refractivity contribution in [2.45, 2.75) is 24.2 Å². The first-order valence-corrected chi connectivity index (χ1v) is 10.3. The number of guanidine groups is 1. The number of aliphatic imine (C=N–C) groups is 1. The summed E-state index contributed by atoms with van der Waals surface area (Å²) in [5, 5.41) is 7.74. The Bertz CT molecular complexity index is 697. The molecule has 0 bridgehead atoms. The first-order chi connectivity index (χ1) is 12.7. The zero-order valence-corrected chi connectivity index (χ0v) is 16.6. The van der Waals surface area contributed by atoms with E-state index < -0.39 is 0 Å². The Morgan fingerprint density at radius 3 is 2.92 bits per heavy atom. The van der Waals surface area contributed by atoms with E-state index in [4.69, 9.17) is 0 Å². The van der Waals surface area contributed by atoms with Crippen molar-refractivity contribution in [3.8, 4) is 0 Å². The molecule has 0 amide bonds. The van der Waals surface area contributed by atoms with Gasteiger partial charge in [0.15, 0.2) is 5.96 Å². The van der Waals surface area contributed by atoms with Gasteiger partial charge in [-0.1, -0.05) is 18.2 Å². The molecule has 0 spiro atoms. The minimum atomic E-state index is 0.731. The third-order valence-electron chi connectivity index (χ3n) is 4.71. The van der Waals surface area contributed by atoms with Gasteiger partial charge in [-0.3, -0.25) is 9.67 Å². The summed E-state index contributed by atoms with van der Waals surface area (Å²) in [5.74, 6) is 2.95. The summed E-state index contributed by atoms with van der Waals surface area (Å²) in [5.41, 5.74) is 1.29. The van der Waals surface area contributed by atoms with Gasteiger partial charge in [-0.2, -0.15) is 5.10 Å². The largest absolute Gasteiger partial charge is 0.356 e. The number of benzene rings is 1. The number of hydrogen-bond acceptors (Lipinski definition) is 3. The zero-order valence-electron chi connectivity index (χ0n) is 15.8. The van der Waals surface area contributed by atoms with E-state index in [0.29, 0.717) is 0 Å². The number of likely N-dealkylation sites (tertiary alicyclic amines) is 1. The minimum Gasteiger partial charge on any atom is -0.356 e. The smallest absolute Gasteiger partial charge is 0.193 e. The standard InChI is InChI=1S/C20H29N5S/c1-21-20(22-11-6-7-17-13-23-24(2)14-17)25-12-10-18(15-25)16-26-19-8-4-3-5-9-19/h3-5,8-9,13-14,18H,6-7,10-12,15-16H2,1-2H3,(H,21,22). The van der Waals surface area contributed by atoms with Gasteiger partial charge in [0.1, 0.15) is 0 Å². The normalized spacial score (nSPS) is 17.7. The van der Waals surface area contributed by atoms with E-state index in [2.05, 4.69) is 56.8 Å². The second-order valence-electron chi connectivity index (χ2n) is 6.82. The van der Waals surface area contributed by atoms with Crippen molar-refractivity contribution in [2.75, 3.05) is 32.4 Å². The van der Waals surface area contributed by atoms with Crippen LogP contribution < -0.4 is 5.32 Å². The van der Waals surface area contributed by atoms with E-state index in [-0.39, 0.29) is 0 Å². The monoisotopic (exact) mass is 371 g/mol. The highest BCUT2D eigenvalue weighted by Gasteiger charge is 2.24. The summed E-state index contributed by atoms with van der Waals surface area (Å²) in [6.45, 7) is 3.14. The predicted octanol–water partition coefficient (Wildman–Crippen LogP) is 3.04. The molecule has 1 aromatic heterocycles. The van der Waals surface area contributed by atoms with Crippen molar-refractivity contribution in [3.05, 3.63) is 48.3 Å². The number of nitrogens with zero attached hydrogens (tertiary/aromatic N) is 4. The Morgan fingerprint density at radius 1 is 1.35 bits per heavy atom. The lowest BCUT2D eigenvalue weighted by Crippen LogP contribution is -2.40. The van der Waals surface area contributed by atoms with Gasteiger partial charge in [-0.25, -0.2) is 0 Å². The number of aromatic nitrogens is 2. The first-order valence-electron chi connectivity index (χ1n) is 9.35. The van der Waals surface area contributed by atoms with Gasteiger partial charge in [0, 0.05) is 50.6 Å². The fourth-order valence-corrected chi connectivity index (χ4v) is 4.37. The van der Waals surface area contributed by atoms with Crippen LogP contribution in [0.5, 0.6) is 0 Å². The highest BCUT2D eigenvalue weighted by Crippen LogP contribution is 2.25. The molecular formula is C20H29N5S. The van der Waals surface area contributed by atoms with Crippen LogP contribution in [0, 0.1) is 5.92 Å². The number of nitrogens with one attached hydrogen (secondary N) is 1. The summed E-state index contributed by atoms with van der Waals surface area (Å²) in [6, 6.07) is 10.7. The molecule has 0 aliphatic carbocycles. The van der Waals surface area contributed by atoms with Gasteiger partial charge in [0.25, 0.3) is 0 Å². The van der Waals surface area contributed by atoms with E-state index in [1.165, 1.54) is 22.6 Å². The molecule has 0 radical (unpaired) electrons. The van der Waals surface area contributed by atoms with Crippen LogP contribution in [0.15, 0.2) is 52.6 Å². The van der Waals surface area contributed by atoms with E-state index in [9.17, 15) is 0 Å². The third kappa shape index (κ3) is 5.53. The molecule has 1 saturated heterocycles. The van der Waals surface area contributed by atoms with Crippen LogP contribution in [0.3, 0.4) is 0 Å². The highest BCUT2D eigenvalue weighted by molar-refractivity contribution is 7.99. The summed E-state index contributed by atoms with van der Waals surface area (Å²) < 4.78 is 1.86. The van der Waals surface area contributed by atoms with Crippen molar-refractivity contribution in [3.63, 3.8) is 0 Å². The van der Waals surface area contributed by atoms with E-state index >= 15 is 0 Å². The Morgan fingerprint density at radius 2 is 2.19 bits per heavy atom. The van der Waals surface area contributed by atoms with Gasteiger partial charge >= 0.3 is 0 Å². The second-order valence-corrected chi connectivity index (χ2v) is 7.92. The molecule has 1 aliphatic heterocycles. The van der Waals surface area contributed by atoms with Crippen LogP contribution in [0.2, 0.25) is 0 Å². The summed E-state index contributed by atoms with van der Waals surface area (Å²) in [7, 11) is 3.85. The molecule has 140 valence electrons. The average molecular weight is 372 g/mol. The van der Waals surface area contributed by atoms with Crippen LogP contribution in [0.1, 0.15) is 18.4 Å². The average Bonchev–Trinajstić information content (AvgIpc) is 3.30. The summed E-state index contributed by atoms with van der Waals surface area (Å²) in [6.07, 6.45) is 7.42. The van der Waals surface area contributed by atoms with Gasteiger partial charge in [-0.05, 0) is 42.9 Å². The van der Waals surface area contributed by atoms with Crippen LogP contribution in [0.25, 0.3) is 0 Å². The molecule has 0 saturated carbocycles. The molecule has 2 heterocycles. The molecule has 2 aromatic rings. The lowest BCUT2D eigenvalue weighted by atomic mass is 10.2. The number of aryl methyl sites for hydroxylation is 2. The molecule has 26 heavy (non-hydrogen) atoms. The maximum absolute atomic E-state index is 4.48. The third-order valence-corrected chi connectivity index (χ3v) is 5.95. The van der Waals surface area contributed by atoms with Crippen molar-refractivity contribution >= 4 is 17.7 Å². The van der Waals surface area contributed by atoms with Crippen LogP contribution in [0.4, 0.5) is 0 Å². The van der Waals surface area contributed by atoms with Crippen LogP contribution >= 0.6 is 11.8 Å². The molecule has 1 atom stereocenters. The minimum absolute atomic E-state index is 0.731. The van der Waals surface area contributed by atoms with Gasteiger partial charge < -0.3 is 10.2 Å². The van der Waals surface area contributed by atoms with Gasteiger partial charge in [0.2, 0.25) is 0 Å². The van der Waals surface area contributed by atoms with Crippen LogP contribution in [-0.2, 0) is 13.5 Å². The SMILES string of the molecule is CN=C(NCCCc1cnn(C)c1)N1CCC(CSc2ccccc2)C1. The fraction of sp³-hybridized carbons (Fsp3) is 0.500. The maximum Gasteiger partial charge on any atom is 0.193 e. The lowest BCUT2D eigenvalue weighted by molar-refractivity contribution is 0.473. The Balaban J connectivity index is 1.37. The molecule has 1 N–H and O–H groups in total. The Labute approximate surface area is 160 Å². The molecule has 6 heteroatoms.